The van der Waals surface area contributed by atoms with Crippen LogP contribution in [0.5, 0.6) is 0 Å². The number of carbonyl (C=O) groups is 1. The van der Waals surface area contributed by atoms with Gasteiger partial charge in [0.2, 0.25) is 5.91 Å². The maximum Gasteiger partial charge on any atom is 0.233 e. The molecule has 1 amide bonds. The molecule has 2 atom stereocenters. The minimum Gasteiger partial charge on any atom is -0.335 e. The van der Waals surface area contributed by atoms with Gasteiger partial charge in [0.25, 0.3) is 0 Å². The van der Waals surface area contributed by atoms with Crippen LogP contribution < -0.4 is 0 Å². The van der Waals surface area contributed by atoms with Crippen LogP contribution in [0, 0.1) is 0 Å². The average molecular weight is 396 g/mol. The molecule has 0 aromatic carbocycles. The van der Waals surface area contributed by atoms with Crippen LogP contribution in [0.25, 0.3) is 0 Å². The van der Waals surface area contributed by atoms with Crippen molar-refractivity contribution in [1.82, 2.24) is 14.8 Å². The van der Waals surface area contributed by atoms with Crippen molar-refractivity contribution in [3.8, 4) is 0 Å². The van der Waals surface area contributed by atoms with Gasteiger partial charge in [0, 0.05) is 31.9 Å². The van der Waals surface area contributed by atoms with Crippen LogP contribution in [-0.2, 0) is 14.6 Å². The van der Waals surface area contributed by atoms with Gasteiger partial charge in [-0.15, -0.1) is 0 Å². The fourth-order valence-electron chi connectivity index (χ4n) is 3.51. The van der Waals surface area contributed by atoms with E-state index in [9.17, 15) is 13.2 Å². The Morgan fingerprint density at radius 1 is 1.27 bits per heavy atom. The van der Waals surface area contributed by atoms with Crippen molar-refractivity contribution in [3.05, 3.63) is 36.0 Å². The summed E-state index contributed by atoms with van der Waals surface area (Å²) in [6, 6.07) is 5.26. The first-order valence-corrected chi connectivity index (χ1v) is 11.6. The molecular weight excluding hydrogens is 370 g/mol. The summed E-state index contributed by atoms with van der Waals surface area (Å²) in [6.45, 7) is 6.11. The summed E-state index contributed by atoms with van der Waals surface area (Å²) < 4.78 is 24.5. The van der Waals surface area contributed by atoms with Crippen molar-refractivity contribution >= 4 is 27.5 Å². The Morgan fingerprint density at radius 3 is 2.73 bits per heavy atom. The van der Waals surface area contributed by atoms with E-state index in [4.69, 9.17) is 0 Å². The number of rotatable bonds is 5. The zero-order chi connectivity index (χ0) is 18.7. The minimum absolute atomic E-state index is 0.00498. The van der Waals surface area contributed by atoms with E-state index in [1.807, 2.05) is 32.0 Å². The normalized spacial score (nSPS) is 24.9. The van der Waals surface area contributed by atoms with Gasteiger partial charge in [-0.3, -0.25) is 9.69 Å². The highest BCUT2D eigenvalue weighted by molar-refractivity contribution is 7.99. The Labute approximate surface area is 159 Å². The number of carbonyl (C=O) groups excluding carboxylic acids is 1. The lowest BCUT2D eigenvalue weighted by atomic mass is 10.0. The van der Waals surface area contributed by atoms with E-state index >= 15 is 0 Å². The number of hydrogen-bond acceptors (Lipinski definition) is 6. The number of nitrogens with zero attached hydrogens (tertiary/aromatic N) is 3. The van der Waals surface area contributed by atoms with Crippen LogP contribution >= 0.6 is 11.8 Å². The van der Waals surface area contributed by atoms with E-state index in [0.29, 0.717) is 13.1 Å². The quantitative estimate of drug-likeness (QED) is 0.555. The Hall–Kier alpha value is -1.38. The molecule has 1 aromatic heterocycles. The van der Waals surface area contributed by atoms with E-state index in [1.165, 1.54) is 17.3 Å². The lowest BCUT2D eigenvalue weighted by molar-refractivity contribution is -0.133. The van der Waals surface area contributed by atoms with Crippen LogP contribution in [-0.4, -0.2) is 78.1 Å². The molecule has 0 unspecified atom stereocenters. The molecule has 2 aliphatic heterocycles. The van der Waals surface area contributed by atoms with E-state index in [-0.39, 0.29) is 35.2 Å². The third-order valence-corrected chi connectivity index (χ3v) is 7.45. The second kappa shape index (κ2) is 8.10. The first kappa shape index (κ1) is 19.4. The second-order valence-electron chi connectivity index (χ2n) is 7.03. The summed E-state index contributed by atoms with van der Waals surface area (Å²) in [5, 5.41) is 0.804. The third kappa shape index (κ3) is 4.66. The number of sulfone groups is 1. The maximum atomic E-state index is 12.7. The van der Waals surface area contributed by atoms with E-state index in [2.05, 4.69) is 16.0 Å². The Morgan fingerprint density at radius 2 is 2.04 bits per heavy atom. The number of pyridine rings is 1. The lowest BCUT2D eigenvalue weighted by Gasteiger charge is -2.43. The highest BCUT2D eigenvalue weighted by Crippen LogP contribution is 2.28. The number of thioether (sulfide) groups is 1. The van der Waals surface area contributed by atoms with Crippen molar-refractivity contribution in [3.63, 3.8) is 0 Å². The summed E-state index contributed by atoms with van der Waals surface area (Å²) >= 11 is 1.40. The van der Waals surface area contributed by atoms with Gasteiger partial charge in [-0.1, -0.05) is 29.5 Å². The summed E-state index contributed by atoms with van der Waals surface area (Å²) in [5.41, 5.74) is 1.22. The van der Waals surface area contributed by atoms with Crippen molar-refractivity contribution in [2.75, 3.05) is 36.9 Å². The zero-order valence-corrected chi connectivity index (χ0v) is 16.8. The topological polar surface area (TPSA) is 70.6 Å². The number of amides is 1. The molecule has 2 fully saturated rings. The molecule has 3 rings (SSSR count). The molecule has 26 heavy (non-hydrogen) atoms. The lowest BCUT2D eigenvalue weighted by Crippen LogP contribution is -2.60. The summed E-state index contributed by atoms with van der Waals surface area (Å²) in [6.07, 6.45) is 3.82. The molecule has 0 spiro atoms. The van der Waals surface area contributed by atoms with Gasteiger partial charge < -0.3 is 4.90 Å². The first-order chi connectivity index (χ1) is 12.4. The van der Waals surface area contributed by atoms with Gasteiger partial charge in [-0.25, -0.2) is 13.4 Å². The van der Waals surface area contributed by atoms with Crippen LogP contribution in [0.1, 0.15) is 13.8 Å². The van der Waals surface area contributed by atoms with Gasteiger partial charge in [0.1, 0.15) is 0 Å². The number of fused-ring (bicyclic) bond motifs is 1. The van der Waals surface area contributed by atoms with Gasteiger partial charge >= 0.3 is 0 Å². The molecule has 142 valence electrons. The molecule has 8 heteroatoms. The molecule has 0 radical (unpaired) electrons. The highest BCUT2D eigenvalue weighted by atomic mass is 32.2. The van der Waals surface area contributed by atoms with Crippen LogP contribution in [0.3, 0.4) is 0 Å². The van der Waals surface area contributed by atoms with Crippen molar-refractivity contribution in [1.29, 1.82) is 0 Å². The maximum absolute atomic E-state index is 12.7. The zero-order valence-electron chi connectivity index (χ0n) is 15.2. The predicted octanol–water partition coefficient (Wildman–Crippen LogP) is 1.45. The largest absolute Gasteiger partial charge is 0.335 e. The molecule has 2 saturated heterocycles. The number of piperazine rings is 1. The number of allylic oxidation sites excluding steroid dienone is 1. The van der Waals surface area contributed by atoms with Crippen LogP contribution in [0.4, 0.5) is 0 Å². The van der Waals surface area contributed by atoms with Gasteiger partial charge in [0.15, 0.2) is 9.84 Å². The van der Waals surface area contributed by atoms with E-state index in [1.54, 1.807) is 11.1 Å². The molecule has 0 N–H and O–H groups in total. The van der Waals surface area contributed by atoms with Crippen LogP contribution in [0.15, 0.2) is 41.1 Å². The van der Waals surface area contributed by atoms with Gasteiger partial charge in [-0.2, -0.15) is 0 Å². The summed E-state index contributed by atoms with van der Waals surface area (Å²) in [7, 11) is -3.11. The first-order valence-electron chi connectivity index (χ1n) is 8.77. The molecule has 0 aliphatic carbocycles. The predicted molar refractivity (Wildman–Crippen MR) is 104 cm³/mol. The molecule has 6 nitrogen and oxygen atoms in total. The number of aromatic nitrogens is 1. The van der Waals surface area contributed by atoms with Crippen molar-refractivity contribution in [2.24, 2.45) is 0 Å². The standard InChI is InChI=1S/C18H25N3O3S2/c1-14(2)6-8-20-9-10-21(16-13-26(23,24)12-15(16)20)18(22)11-25-17-5-3-4-7-19-17/h3-7,15-16H,8-13H2,1-2H3/t15-,16+/m0/s1. The monoisotopic (exact) mass is 395 g/mol. The highest BCUT2D eigenvalue weighted by Gasteiger charge is 2.47. The Kier molecular flexibility index (Phi) is 6.04. The summed E-state index contributed by atoms with van der Waals surface area (Å²) in [4.78, 5) is 21.0. The molecule has 2 aliphatic rings. The second-order valence-corrected chi connectivity index (χ2v) is 10.2. The Balaban J connectivity index is 1.69. The van der Waals surface area contributed by atoms with Crippen LogP contribution in [0.2, 0.25) is 0 Å². The Bertz CT molecular complexity index is 776. The van der Waals surface area contributed by atoms with Crippen molar-refractivity contribution < 1.29 is 13.2 Å². The number of hydrogen-bond donors (Lipinski definition) is 0. The van der Waals surface area contributed by atoms with Gasteiger partial charge in [0.05, 0.1) is 28.3 Å². The van der Waals surface area contributed by atoms with Gasteiger partial charge in [-0.05, 0) is 26.0 Å². The SMILES string of the molecule is CC(C)=CCN1CCN(C(=O)CSc2ccccn2)[C@@H]2CS(=O)(=O)C[C@@H]21. The third-order valence-electron chi connectivity index (χ3n) is 4.83. The van der Waals surface area contributed by atoms with E-state index in [0.717, 1.165) is 11.6 Å². The van der Waals surface area contributed by atoms with Crippen molar-refractivity contribution in [2.45, 2.75) is 31.0 Å². The molecule has 3 heterocycles. The molecule has 0 bridgehead atoms. The molecular formula is C18H25N3O3S2. The molecule has 1 aromatic rings. The fourth-order valence-corrected chi connectivity index (χ4v) is 6.27. The fraction of sp³-hybridized carbons (Fsp3) is 0.556. The van der Waals surface area contributed by atoms with E-state index < -0.39 is 9.84 Å². The minimum atomic E-state index is -3.11. The molecule has 0 saturated carbocycles. The summed E-state index contributed by atoms with van der Waals surface area (Å²) in [5.74, 6) is 0.498. The average Bonchev–Trinajstić information content (AvgIpc) is 2.93. The smallest absolute Gasteiger partial charge is 0.233 e.